The van der Waals surface area contributed by atoms with Crippen LogP contribution < -0.4 is 15.8 Å². The molecule has 0 saturated carbocycles. The molecule has 0 saturated heterocycles. The van der Waals surface area contributed by atoms with Gasteiger partial charge in [0, 0.05) is 29.6 Å². The fourth-order valence-electron chi connectivity index (χ4n) is 1.93. The van der Waals surface area contributed by atoms with E-state index in [0.29, 0.717) is 17.1 Å². The number of ether oxygens (including phenoxy) is 1. The molecule has 112 valence electrons. The highest BCUT2D eigenvalue weighted by Gasteiger charge is 2.09. The predicted octanol–water partition coefficient (Wildman–Crippen LogP) is 4.39. The van der Waals surface area contributed by atoms with E-state index in [0.717, 1.165) is 12.1 Å². The van der Waals surface area contributed by atoms with Crippen LogP contribution in [0.1, 0.15) is 19.4 Å². The lowest BCUT2D eigenvalue weighted by atomic mass is 10.2. The third-order valence-corrected chi connectivity index (χ3v) is 2.83. The molecule has 0 spiro atoms. The Bertz CT molecular complexity index is 657. The molecule has 5 heteroatoms. The number of hydrogen-bond acceptors (Lipinski definition) is 3. The van der Waals surface area contributed by atoms with Gasteiger partial charge in [0.25, 0.3) is 0 Å². The molecule has 3 N–H and O–H groups in total. The summed E-state index contributed by atoms with van der Waals surface area (Å²) in [7, 11) is 0. The zero-order valence-corrected chi connectivity index (χ0v) is 12.2. The van der Waals surface area contributed by atoms with Crippen molar-refractivity contribution in [2.45, 2.75) is 26.9 Å². The topological polar surface area (TPSA) is 47.3 Å². The minimum atomic E-state index is -0.525. The Morgan fingerprint density at radius 3 is 2.43 bits per heavy atom. The molecule has 0 atom stereocenters. The van der Waals surface area contributed by atoms with Gasteiger partial charge >= 0.3 is 0 Å². The standard InChI is InChI=1S/C16H18F2N2O/c1-9(2)21-13-6-11(19)5-12(7-13)20-16-8-14(17)10(3)4-15(16)18/h4-9,20H,19H2,1-3H3. The zero-order valence-electron chi connectivity index (χ0n) is 12.2. The SMILES string of the molecule is Cc1cc(F)c(Nc2cc(N)cc(OC(C)C)c2)cc1F. The highest BCUT2D eigenvalue weighted by Crippen LogP contribution is 2.28. The molecule has 0 aliphatic heterocycles. The molecule has 3 nitrogen and oxygen atoms in total. The van der Waals surface area contributed by atoms with Gasteiger partial charge in [-0.3, -0.25) is 0 Å². The van der Waals surface area contributed by atoms with Crippen molar-refractivity contribution >= 4 is 17.1 Å². The van der Waals surface area contributed by atoms with E-state index in [-0.39, 0.29) is 17.4 Å². The molecule has 0 radical (unpaired) electrons. The van der Waals surface area contributed by atoms with Crippen LogP contribution in [0.4, 0.5) is 25.8 Å². The van der Waals surface area contributed by atoms with Crippen LogP contribution in [0.15, 0.2) is 30.3 Å². The lowest BCUT2D eigenvalue weighted by Crippen LogP contribution is -2.06. The largest absolute Gasteiger partial charge is 0.491 e. The Morgan fingerprint density at radius 1 is 1.05 bits per heavy atom. The molecule has 0 bridgehead atoms. The third-order valence-electron chi connectivity index (χ3n) is 2.83. The summed E-state index contributed by atoms with van der Waals surface area (Å²) in [6.45, 7) is 5.30. The van der Waals surface area contributed by atoms with E-state index in [9.17, 15) is 8.78 Å². The second kappa shape index (κ2) is 5.99. The van der Waals surface area contributed by atoms with Crippen LogP contribution in [0.2, 0.25) is 0 Å². The van der Waals surface area contributed by atoms with E-state index in [1.165, 1.54) is 6.92 Å². The van der Waals surface area contributed by atoms with Crippen molar-refractivity contribution in [3.63, 3.8) is 0 Å². The molecule has 0 aromatic heterocycles. The fourth-order valence-corrected chi connectivity index (χ4v) is 1.93. The van der Waals surface area contributed by atoms with Gasteiger partial charge < -0.3 is 15.8 Å². The Balaban J connectivity index is 2.31. The van der Waals surface area contributed by atoms with Crippen molar-refractivity contribution in [3.8, 4) is 5.75 Å². The number of nitrogens with one attached hydrogen (secondary N) is 1. The summed E-state index contributed by atoms with van der Waals surface area (Å²) in [5.41, 5.74) is 7.12. The van der Waals surface area contributed by atoms with Crippen LogP contribution in [-0.2, 0) is 0 Å². The first-order valence-electron chi connectivity index (χ1n) is 6.65. The van der Waals surface area contributed by atoms with Gasteiger partial charge in [-0.25, -0.2) is 8.78 Å². The minimum absolute atomic E-state index is 0.00629. The number of rotatable bonds is 4. The van der Waals surface area contributed by atoms with Crippen LogP contribution in [0.5, 0.6) is 5.75 Å². The van der Waals surface area contributed by atoms with E-state index in [1.54, 1.807) is 18.2 Å². The minimum Gasteiger partial charge on any atom is -0.491 e. The first-order valence-corrected chi connectivity index (χ1v) is 6.65. The highest BCUT2D eigenvalue weighted by atomic mass is 19.1. The van der Waals surface area contributed by atoms with Crippen molar-refractivity contribution in [1.29, 1.82) is 0 Å². The summed E-state index contributed by atoms with van der Waals surface area (Å²) in [5, 5.41) is 2.82. The molecule has 0 aliphatic rings. The van der Waals surface area contributed by atoms with Crippen LogP contribution in [0.3, 0.4) is 0 Å². The Labute approximate surface area is 122 Å². The molecule has 2 rings (SSSR count). The van der Waals surface area contributed by atoms with Gasteiger partial charge in [-0.2, -0.15) is 0 Å². The van der Waals surface area contributed by atoms with Gasteiger partial charge in [-0.15, -0.1) is 0 Å². The monoisotopic (exact) mass is 292 g/mol. The van der Waals surface area contributed by atoms with Crippen molar-refractivity contribution < 1.29 is 13.5 Å². The summed E-state index contributed by atoms with van der Waals surface area (Å²) in [6.07, 6.45) is -0.00629. The summed E-state index contributed by atoms with van der Waals surface area (Å²) >= 11 is 0. The summed E-state index contributed by atoms with van der Waals surface area (Å²) in [4.78, 5) is 0. The third kappa shape index (κ3) is 3.84. The molecule has 0 amide bonds. The molecule has 0 aliphatic carbocycles. The van der Waals surface area contributed by atoms with Crippen LogP contribution in [-0.4, -0.2) is 6.10 Å². The second-order valence-electron chi connectivity index (χ2n) is 5.16. The highest BCUT2D eigenvalue weighted by molar-refractivity contribution is 5.66. The van der Waals surface area contributed by atoms with Gasteiger partial charge in [0.2, 0.25) is 0 Å². The van der Waals surface area contributed by atoms with Gasteiger partial charge in [0.15, 0.2) is 0 Å². The maximum Gasteiger partial charge on any atom is 0.147 e. The molecule has 0 fully saturated rings. The zero-order chi connectivity index (χ0) is 15.6. The van der Waals surface area contributed by atoms with E-state index in [2.05, 4.69) is 5.32 Å². The van der Waals surface area contributed by atoms with Gasteiger partial charge in [0.05, 0.1) is 11.8 Å². The quantitative estimate of drug-likeness (QED) is 0.822. The Kier molecular flexibility index (Phi) is 4.31. The van der Waals surface area contributed by atoms with Crippen molar-refractivity contribution in [1.82, 2.24) is 0 Å². The van der Waals surface area contributed by atoms with Crippen molar-refractivity contribution in [2.75, 3.05) is 11.1 Å². The van der Waals surface area contributed by atoms with Crippen molar-refractivity contribution in [3.05, 3.63) is 47.5 Å². The molecule has 2 aromatic rings. The lowest BCUT2D eigenvalue weighted by Gasteiger charge is -2.14. The lowest BCUT2D eigenvalue weighted by molar-refractivity contribution is 0.242. The molecule has 2 aromatic carbocycles. The number of aryl methyl sites for hydroxylation is 1. The predicted molar refractivity (Wildman–Crippen MR) is 81.0 cm³/mol. The average Bonchev–Trinajstić information content (AvgIpc) is 2.34. The van der Waals surface area contributed by atoms with Gasteiger partial charge in [-0.05, 0) is 38.5 Å². The van der Waals surface area contributed by atoms with Crippen LogP contribution in [0, 0.1) is 18.6 Å². The van der Waals surface area contributed by atoms with Gasteiger partial charge in [0.1, 0.15) is 17.4 Å². The second-order valence-corrected chi connectivity index (χ2v) is 5.16. The molecule has 0 heterocycles. The average molecular weight is 292 g/mol. The summed E-state index contributed by atoms with van der Waals surface area (Å²) in [6, 6.07) is 7.27. The smallest absolute Gasteiger partial charge is 0.147 e. The number of hydrogen-bond donors (Lipinski definition) is 2. The molecule has 21 heavy (non-hydrogen) atoms. The fraction of sp³-hybridized carbons (Fsp3) is 0.250. The summed E-state index contributed by atoms with van der Waals surface area (Å²) < 4.78 is 32.9. The first kappa shape index (κ1) is 15.1. The van der Waals surface area contributed by atoms with E-state index >= 15 is 0 Å². The number of benzene rings is 2. The summed E-state index contributed by atoms with van der Waals surface area (Å²) in [5.74, 6) is -0.426. The maximum absolute atomic E-state index is 13.8. The number of anilines is 3. The van der Waals surface area contributed by atoms with Gasteiger partial charge in [-0.1, -0.05) is 0 Å². The van der Waals surface area contributed by atoms with Crippen molar-refractivity contribution in [2.24, 2.45) is 0 Å². The Hall–Kier alpha value is -2.30. The normalized spacial score (nSPS) is 10.8. The van der Waals surface area contributed by atoms with E-state index in [1.807, 2.05) is 13.8 Å². The molecule has 0 unspecified atom stereocenters. The molecular formula is C16H18F2N2O. The van der Waals surface area contributed by atoms with Crippen LogP contribution >= 0.6 is 0 Å². The van der Waals surface area contributed by atoms with E-state index < -0.39 is 11.6 Å². The number of nitrogen functional groups attached to an aromatic ring is 1. The number of halogens is 2. The maximum atomic E-state index is 13.8. The Morgan fingerprint density at radius 2 is 1.76 bits per heavy atom. The first-order chi connectivity index (χ1) is 9.85. The van der Waals surface area contributed by atoms with Crippen LogP contribution in [0.25, 0.3) is 0 Å². The molecular weight excluding hydrogens is 274 g/mol. The van der Waals surface area contributed by atoms with E-state index in [4.69, 9.17) is 10.5 Å². The number of nitrogens with two attached hydrogens (primary N) is 1.